The summed E-state index contributed by atoms with van der Waals surface area (Å²) in [5, 5.41) is 21.3. The van der Waals surface area contributed by atoms with Crippen molar-refractivity contribution < 1.29 is 9.90 Å². The zero-order chi connectivity index (χ0) is 14.0. The number of dihydropyridines is 1. The first-order valence-electron chi connectivity index (χ1n) is 5.57. The highest BCUT2D eigenvalue weighted by molar-refractivity contribution is 5.91. The number of nitrogens with two attached hydrogens (primary N) is 1. The number of aromatic nitrogens is 1. The molecule has 0 aliphatic carbocycles. The second-order valence-corrected chi connectivity index (χ2v) is 4.13. The average molecular weight is 256 g/mol. The van der Waals surface area contributed by atoms with E-state index in [1.54, 1.807) is 25.3 Å². The molecule has 0 radical (unpaired) electrons. The van der Waals surface area contributed by atoms with Crippen LogP contribution in [0, 0.1) is 11.3 Å². The lowest BCUT2D eigenvalue weighted by molar-refractivity contribution is -0.133. The number of carboxylic acids is 1. The van der Waals surface area contributed by atoms with E-state index in [9.17, 15) is 15.2 Å². The molecule has 4 N–H and O–H groups in total. The Morgan fingerprint density at radius 2 is 2.37 bits per heavy atom. The van der Waals surface area contributed by atoms with Crippen LogP contribution in [-0.4, -0.2) is 16.1 Å². The maximum Gasteiger partial charge on any atom is 0.334 e. The second-order valence-electron chi connectivity index (χ2n) is 4.13. The van der Waals surface area contributed by atoms with Crippen LogP contribution in [0.15, 0.2) is 47.2 Å². The number of carbonyl (C=O) groups is 1. The van der Waals surface area contributed by atoms with Gasteiger partial charge in [0.2, 0.25) is 0 Å². The molecule has 0 fully saturated rings. The number of hydrogen-bond acceptors (Lipinski definition) is 5. The molecule has 1 aromatic rings. The van der Waals surface area contributed by atoms with Gasteiger partial charge in [-0.15, -0.1) is 0 Å². The van der Waals surface area contributed by atoms with E-state index in [-0.39, 0.29) is 17.0 Å². The summed E-state index contributed by atoms with van der Waals surface area (Å²) in [6.45, 7) is 1.62. The highest BCUT2D eigenvalue weighted by Crippen LogP contribution is 2.36. The SMILES string of the molecule is CC1=C(C(=O)O)C(c2cccnc2)C(C#N)=C(N)N1. The van der Waals surface area contributed by atoms with Crippen LogP contribution < -0.4 is 11.1 Å². The maximum absolute atomic E-state index is 11.4. The molecule has 1 atom stereocenters. The summed E-state index contributed by atoms with van der Waals surface area (Å²) >= 11 is 0. The predicted molar refractivity (Wildman–Crippen MR) is 67.3 cm³/mol. The van der Waals surface area contributed by atoms with Gasteiger partial charge in [-0.25, -0.2) is 4.79 Å². The molecule has 96 valence electrons. The van der Waals surface area contributed by atoms with Crippen LogP contribution in [0.1, 0.15) is 18.4 Å². The van der Waals surface area contributed by atoms with Crippen molar-refractivity contribution in [3.8, 4) is 6.07 Å². The summed E-state index contributed by atoms with van der Waals surface area (Å²) in [6.07, 6.45) is 3.12. The molecule has 1 aromatic heterocycles. The standard InChI is InChI=1S/C13H12N4O2/c1-7-10(13(18)19)11(8-3-2-4-16-6-8)9(5-14)12(15)17-7/h2-4,6,11,17H,15H2,1H3,(H,18,19). The molecule has 1 unspecified atom stereocenters. The third kappa shape index (κ3) is 2.13. The van der Waals surface area contributed by atoms with Crippen molar-refractivity contribution in [2.24, 2.45) is 5.73 Å². The summed E-state index contributed by atoms with van der Waals surface area (Å²) < 4.78 is 0. The monoisotopic (exact) mass is 256 g/mol. The zero-order valence-corrected chi connectivity index (χ0v) is 10.2. The van der Waals surface area contributed by atoms with Gasteiger partial charge >= 0.3 is 5.97 Å². The van der Waals surface area contributed by atoms with Crippen LogP contribution in [0.3, 0.4) is 0 Å². The van der Waals surface area contributed by atoms with Crippen LogP contribution in [0.2, 0.25) is 0 Å². The molecule has 6 heteroatoms. The van der Waals surface area contributed by atoms with E-state index in [4.69, 9.17) is 5.73 Å². The summed E-state index contributed by atoms with van der Waals surface area (Å²) in [4.78, 5) is 15.4. The van der Waals surface area contributed by atoms with Gasteiger partial charge < -0.3 is 16.2 Å². The normalized spacial score (nSPS) is 18.8. The van der Waals surface area contributed by atoms with Gasteiger partial charge in [-0.3, -0.25) is 4.98 Å². The lowest BCUT2D eigenvalue weighted by Crippen LogP contribution is -2.32. The maximum atomic E-state index is 11.4. The second kappa shape index (κ2) is 4.82. The van der Waals surface area contributed by atoms with E-state index in [2.05, 4.69) is 10.3 Å². The van der Waals surface area contributed by atoms with Gasteiger partial charge in [-0.05, 0) is 18.6 Å². The van der Waals surface area contributed by atoms with E-state index in [1.807, 2.05) is 6.07 Å². The lowest BCUT2D eigenvalue weighted by atomic mass is 9.83. The Morgan fingerprint density at radius 3 is 2.89 bits per heavy atom. The van der Waals surface area contributed by atoms with Crippen LogP contribution in [0.25, 0.3) is 0 Å². The Kier molecular flexibility index (Phi) is 3.21. The van der Waals surface area contributed by atoms with Gasteiger partial charge in [0.25, 0.3) is 0 Å². The largest absolute Gasteiger partial charge is 0.478 e. The van der Waals surface area contributed by atoms with Gasteiger partial charge in [0.1, 0.15) is 5.82 Å². The number of allylic oxidation sites excluding steroid dienone is 2. The number of carboxylic acid groups (broad SMARTS) is 1. The van der Waals surface area contributed by atoms with Crippen LogP contribution >= 0.6 is 0 Å². The first-order valence-corrected chi connectivity index (χ1v) is 5.57. The molecule has 0 saturated carbocycles. The number of nitriles is 1. The number of rotatable bonds is 2. The molecule has 0 saturated heterocycles. The third-order valence-corrected chi connectivity index (χ3v) is 2.96. The first kappa shape index (κ1) is 12.6. The van der Waals surface area contributed by atoms with E-state index in [1.165, 1.54) is 6.20 Å². The van der Waals surface area contributed by atoms with Gasteiger partial charge in [-0.2, -0.15) is 5.26 Å². The van der Waals surface area contributed by atoms with Gasteiger partial charge in [-0.1, -0.05) is 6.07 Å². The molecule has 19 heavy (non-hydrogen) atoms. The smallest absolute Gasteiger partial charge is 0.334 e. The molecule has 6 nitrogen and oxygen atoms in total. The highest BCUT2D eigenvalue weighted by atomic mass is 16.4. The molecule has 2 rings (SSSR count). The van der Waals surface area contributed by atoms with Crippen LogP contribution in [0.5, 0.6) is 0 Å². The number of aliphatic carboxylic acids is 1. The van der Waals surface area contributed by atoms with Crippen molar-refractivity contribution in [1.82, 2.24) is 10.3 Å². The quantitative estimate of drug-likeness (QED) is 0.722. The Balaban J connectivity index is 2.65. The Labute approximate surface area is 109 Å². The van der Waals surface area contributed by atoms with Crippen molar-refractivity contribution in [3.63, 3.8) is 0 Å². The minimum absolute atomic E-state index is 0.110. The summed E-state index contributed by atoms with van der Waals surface area (Å²) in [7, 11) is 0. The van der Waals surface area contributed by atoms with Crippen molar-refractivity contribution in [1.29, 1.82) is 5.26 Å². The summed E-state index contributed by atoms with van der Waals surface area (Å²) in [6, 6.07) is 5.39. The molecule has 2 heterocycles. The fourth-order valence-electron chi connectivity index (χ4n) is 2.14. The van der Waals surface area contributed by atoms with E-state index in [0.29, 0.717) is 11.3 Å². The van der Waals surface area contributed by atoms with Gasteiger partial charge in [0.15, 0.2) is 0 Å². The molecular weight excluding hydrogens is 244 g/mol. The third-order valence-electron chi connectivity index (χ3n) is 2.96. The fourth-order valence-corrected chi connectivity index (χ4v) is 2.14. The molecule has 0 aromatic carbocycles. The van der Waals surface area contributed by atoms with Gasteiger partial charge in [0, 0.05) is 18.1 Å². The minimum atomic E-state index is -1.08. The predicted octanol–water partition coefficient (Wildman–Crippen LogP) is 0.821. The highest BCUT2D eigenvalue weighted by Gasteiger charge is 2.33. The molecule has 1 aliphatic heterocycles. The molecule has 0 spiro atoms. The summed E-state index contributed by atoms with van der Waals surface area (Å²) in [5.74, 6) is -1.60. The number of hydrogen-bond donors (Lipinski definition) is 3. The number of nitrogens with zero attached hydrogens (tertiary/aromatic N) is 2. The van der Waals surface area contributed by atoms with E-state index < -0.39 is 11.9 Å². The van der Waals surface area contributed by atoms with Crippen LogP contribution in [-0.2, 0) is 4.79 Å². The minimum Gasteiger partial charge on any atom is -0.478 e. The topological polar surface area (TPSA) is 112 Å². The molecule has 0 bridgehead atoms. The molecular formula is C13H12N4O2. The number of nitrogens with one attached hydrogen (secondary N) is 1. The molecule has 0 amide bonds. The van der Waals surface area contributed by atoms with Crippen molar-refractivity contribution in [2.75, 3.05) is 0 Å². The van der Waals surface area contributed by atoms with Crippen molar-refractivity contribution in [2.45, 2.75) is 12.8 Å². The zero-order valence-electron chi connectivity index (χ0n) is 10.2. The number of pyridine rings is 1. The van der Waals surface area contributed by atoms with Crippen LogP contribution in [0.4, 0.5) is 0 Å². The lowest BCUT2D eigenvalue weighted by Gasteiger charge is -2.26. The fraction of sp³-hybridized carbons (Fsp3) is 0.154. The average Bonchev–Trinajstić information content (AvgIpc) is 2.38. The molecule has 1 aliphatic rings. The first-order chi connectivity index (χ1) is 9.06. The summed E-state index contributed by atoms with van der Waals surface area (Å²) in [5.41, 5.74) is 7.12. The van der Waals surface area contributed by atoms with E-state index in [0.717, 1.165) is 0 Å². The Bertz CT molecular complexity index is 626. The van der Waals surface area contributed by atoms with E-state index >= 15 is 0 Å². The van der Waals surface area contributed by atoms with Gasteiger partial charge in [0.05, 0.1) is 23.1 Å². The Hall–Kier alpha value is -2.81. The van der Waals surface area contributed by atoms with Crippen molar-refractivity contribution >= 4 is 5.97 Å². The Morgan fingerprint density at radius 1 is 1.63 bits per heavy atom. The van der Waals surface area contributed by atoms with Crippen molar-refractivity contribution in [3.05, 3.63) is 52.8 Å².